The quantitative estimate of drug-likeness (QED) is 0.776. The van der Waals surface area contributed by atoms with Crippen LogP contribution in [-0.4, -0.2) is 17.0 Å². The number of nitrogens with zero attached hydrogens (tertiary/aromatic N) is 1. The fourth-order valence-corrected chi connectivity index (χ4v) is 3.52. The van der Waals surface area contributed by atoms with Gasteiger partial charge < -0.3 is 0 Å². The van der Waals surface area contributed by atoms with Gasteiger partial charge in [-0.3, -0.25) is 5.32 Å². The van der Waals surface area contributed by atoms with E-state index in [1.165, 1.54) is 12.8 Å². The van der Waals surface area contributed by atoms with Gasteiger partial charge in [-0.1, -0.05) is 51.1 Å². The van der Waals surface area contributed by atoms with Crippen LogP contribution in [0.15, 0.2) is 30.3 Å². The van der Waals surface area contributed by atoms with Gasteiger partial charge in [0, 0.05) is 11.3 Å². The van der Waals surface area contributed by atoms with E-state index in [1.54, 1.807) is 0 Å². The molecule has 0 saturated heterocycles. The molecule has 0 aliphatic heterocycles. The number of nitrogens with one attached hydrogen (secondary N) is 1. The lowest BCUT2D eigenvalue weighted by Gasteiger charge is -2.29. The lowest BCUT2D eigenvalue weighted by molar-refractivity contribution is 0.412. The van der Waals surface area contributed by atoms with Crippen LogP contribution in [0, 0.1) is 17.2 Å². The zero-order chi connectivity index (χ0) is 15.3. The molecule has 2 nitrogen and oxygen atoms in total. The second-order valence-corrected chi connectivity index (χ2v) is 7.86. The summed E-state index contributed by atoms with van der Waals surface area (Å²) in [6.45, 7) is 6.80. The van der Waals surface area contributed by atoms with E-state index in [-0.39, 0.29) is 0 Å². The predicted octanol–water partition coefficient (Wildman–Crippen LogP) is 4.33. The van der Waals surface area contributed by atoms with Crippen molar-refractivity contribution in [1.29, 1.82) is 5.26 Å². The van der Waals surface area contributed by atoms with Crippen molar-refractivity contribution < 1.29 is 0 Å². The number of hydrogen-bond acceptors (Lipinski definition) is 3. The Bertz CT molecular complexity index is 476. The lowest BCUT2D eigenvalue weighted by atomic mass is 9.88. The van der Waals surface area contributed by atoms with Gasteiger partial charge in [0.2, 0.25) is 0 Å². The maximum atomic E-state index is 9.86. The lowest BCUT2D eigenvalue weighted by Crippen LogP contribution is -2.43. The topological polar surface area (TPSA) is 35.8 Å². The average Bonchev–Trinajstić information content (AvgIpc) is 3.30. The Morgan fingerprint density at radius 1 is 1.29 bits per heavy atom. The van der Waals surface area contributed by atoms with Crippen LogP contribution < -0.4 is 5.32 Å². The molecule has 0 spiro atoms. The van der Waals surface area contributed by atoms with E-state index in [1.807, 2.05) is 30.0 Å². The van der Waals surface area contributed by atoms with Crippen molar-refractivity contribution in [3.8, 4) is 6.07 Å². The van der Waals surface area contributed by atoms with E-state index >= 15 is 0 Å². The molecule has 0 heterocycles. The number of rotatable bonds is 8. The van der Waals surface area contributed by atoms with Gasteiger partial charge in [-0.25, -0.2) is 0 Å². The highest BCUT2D eigenvalue weighted by atomic mass is 32.2. The molecule has 0 amide bonds. The molecule has 3 heteroatoms. The van der Waals surface area contributed by atoms with Crippen molar-refractivity contribution in [1.82, 2.24) is 5.32 Å². The van der Waals surface area contributed by atoms with Crippen LogP contribution in [0.25, 0.3) is 0 Å². The summed E-state index contributed by atoms with van der Waals surface area (Å²) in [6.07, 6.45) is 3.27. The maximum Gasteiger partial charge on any atom is 0.133 e. The Kier molecular flexibility index (Phi) is 5.72. The van der Waals surface area contributed by atoms with Crippen molar-refractivity contribution in [3.05, 3.63) is 35.9 Å². The molecule has 1 aromatic rings. The maximum absolute atomic E-state index is 9.86. The third-order valence-corrected chi connectivity index (χ3v) is 5.79. The Balaban J connectivity index is 2.07. The molecule has 21 heavy (non-hydrogen) atoms. The monoisotopic (exact) mass is 302 g/mol. The zero-order valence-electron chi connectivity index (χ0n) is 13.3. The van der Waals surface area contributed by atoms with Gasteiger partial charge in [0.1, 0.15) is 5.54 Å². The van der Waals surface area contributed by atoms with Gasteiger partial charge in [0.15, 0.2) is 0 Å². The summed E-state index contributed by atoms with van der Waals surface area (Å²) in [6, 6.07) is 13.3. The molecule has 0 radical (unpaired) electrons. The van der Waals surface area contributed by atoms with E-state index in [9.17, 15) is 5.26 Å². The summed E-state index contributed by atoms with van der Waals surface area (Å²) in [5.74, 6) is 1.70. The molecular weight excluding hydrogens is 276 g/mol. The number of hydrogen-bond donors (Lipinski definition) is 1. The van der Waals surface area contributed by atoms with Crippen molar-refractivity contribution in [2.75, 3.05) is 5.75 Å². The molecule has 2 rings (SSSR count). The third kappa shape index (κ3) is 4.49. The highest BCUT2D eigenvalue weighted by molar-refractivity contribution is 7.99. The van der Waals surface area contributed by atoms with Crippen LogP contribution in [0.3, 0.4) is 0 Å². The number of nitriles is 1. The molecule has 1 aliphatic carbocycles. The second-order valence-electron chi connectivity index (χ2n) is 6.37. The van der Waals surface area contributed by atoms with Crippen LogP contribution in [0.1, 0.15) is 45.6 Å². The fourth-order valence-electron chi connectivity index (χ4n) is 2.34. The Morgan fingerprint density at radius 2 is 1.95 bits per heavy atom. The van der Waals surface area contributed by atoms with Crippen molar-refractivity contribution in [2.24, 2.45) is 5.92 Å². The minimum atomic E-state index is -0.522. The van der Waals surface area contributed by atoms with E-state index in [2.05, 4.69) is 44.3 Å². The largest absolute Gasteiger partial charge is 0.293 e. The van der Waals surface area contributed by atoms with Gasteiger partial charge in [-0.2, -0.15) is 17.0 Å². The molecule has 1 aromatic carbocycles. The van der Waals surface area contributed by atoms with Crippen LogP contribution in [-0.2, 0) is 5.54 Å². The van der Waals surface area contributed by atoms with Gasteiger partial charge in [-0.15, -0.1) is 0 Å². The van der Waals surface area contributed by atoms with Gasteiger partial charge in [0.25, 0.3) is 0 Å². The van der Waals surface area contributed by atoms with Crippen LogP contribution >= 0.6 is 11.8 Å². The first-order chi connectivity index (χ1) is 10.1. The molecule has 0 bridgehead atoms. The molecule has 114 valence electrons. The van der Waals surface area contributed by atoms with E-state index in [4.69, 9.17) is 0 Å². The SMILES string of the molecule is CC(C)C(C)SCCC(C#N)(NC1CC1)c1ccccc1. The fraction of sp³-hybridized carbons (Fsp3) is 0.611. The Labute approximate surface area is 133 Å². The van der Waals surface area contributed by atoms with Crippen molar-refractivity contribution >= 4 is 11.8 Å². The molecule has 1 N–H and O–H groups in total. The molecule has 1 fully saturated rings. The predicted molar refractivity (Wildman–Crippen MR) is 91.3 cm³/mol. The molecule has 0 aromatic heterocycles. The van der Waals surface area contributed by atoms with Crippen LogP contribution in [0.4, 0.5) is 0 Å². The Hall–Kier alpha value is -0.980. The highest BCUT2D eigenvalue weighted by Crippen LogP contribution is 2.33. The molecule has 1 saturated carbocycles. The smallest absolute Gasteiger partial charge is 0.133 e. The minimum absolute atomic E-state index is 0.522. The van der Waals surface area contributed by atoms with Crippen LogP contribution in [0.5, 0.6) is 0 Å². The van der Waals surface area contributed by atoms with Crippen molar-refractivity contribution in [3.63, 3.8) is 0 Å². The van der Waals surface area contributed by atoms with E-state index in [0.717, 1.165) is 17.7 Å². The van der Waals surface area contributed by atoms with E-state index < -0.39 is 5.54 Å². The second kappa shape index (κ2) is 7.33. The average molecular weight is 302 g/mol. The zero-order valence-corrected chi connectivity index (χ0v) is 14.1. The molecule has 1 aliphatic rings. The van der Waals surface area contributed by atoms with Gasteiger partial charge in [-0.05, 0) is 36.5 Å². The summed E-state index contributed by atoms with van der Waals surface area (Å²) >= 11 is 1.98. The van der Waals surface area contributed by atoms with E-state index in [0.29, 0.717) is 17.2 Å². The van der Waals surface area contributed by atoms with Gasteiger partial charge >= 0.3 is 0 Å². The minimum Gasteiger partial charge on any atom is -0.293 e. The summed E-state index contributed by atoms with van der Waals surface area (Å²) in [4.78, 5) is 0. The van der Waals surface area contributed by atoms with Crippen molar-refractivity contribution in [2.45, 2.75) is 56.9 Å². The Morgan fingerprint density at radius 3 is 2.48 bits per heavy atom. The molecule has 2 unspecified atom stereocenters. The van der Waals surface area contributed by atoms with Gasteiger partial charge in [0.05, 0.1) is 6.07 Å². The first-order valence-electron chi connectivity index (χ1n) is 7.93. The first kappa shape index (κ1) is 16.4. The standard InChI is InChI=1S/C18H26N2S/c1-14(2)15(3)21-12-11-18(13-19,20-17-9-10-17)16-7-5-4-6-8-16/h4-8,14-15,17,20H,9-12H2,1-3H3. The number of thioether (sulfide) groups is 1. The summed E-state index contributed by atoms with van der Waals surface area (Å²) in [7, 11) is 0. The first-order valence-corrected chi connectivity index (χ1v) is 8.98. The number of benzene rings is 1. The highest BCUT2D eigenvalue weighted by Gasteiger charge is 2.37. The molecular formula is C18H26N2S. The summed E-state index contributed by atoms with van der Waals surface area (Å²) in [5.41, 5.74) is 0.587. The normalized spacial score (nSPS) is 19.0. The summed E-state index contributed by atoms with van der Waals surface area (Å²) in [5, 5.41) is 14.1. The van der Waals surface area contributed by atoms with Crippen LogP contribution in [0.2, 0.25) is 0 Å². The third-order valence-electron chi connectivity index (χ3n) is 4.28. The summed E-state index contributed by atoms with van der Waals surface area (Å²) < 4.78 is 0. The molecule has 2 atom stereocenters.